The second-order valence-electron chi connectivity index (χ2n) is 6.48. The van der Waals surface area contributed by atoms with Gasteiger partial charge in [0.25, 0.3) is 5.91 Å². The first kappa shape index (κ1) is 17.8. The van der Waals surface area contributed by atoms with Gasteiger partial charge in [0.15, 0.2) is 0 Å². The van der Waals surface area contributed by atoms with Crippen LogP contribution in [0.25, 0.3) is 0 Å². The van der Waals surface area contributed by atoms with Gasteiger partial charge < -0.3 is 14.7 Å². The molecule has 1 aliphatic rings. The minimum absolute atomic E-state index is 0.161. The average molecular weight is 375 g/mol. The molecule has 0 unspecified atom stereocenters. The molecule has 1 aliphatic heterocycles. The summed E-state index contributed by atoms with van der Waals surface area (Å²) >= 11 is 0. The first-order valence-electron chi connectivity index (χ1n) is 9.14. The van der Waals surface area contributed by atoms with Crippen LogP contribution in [0.2, 0.25) is 0 Å². The molecule has 0 N–H and O–H groups in total. The normalized spacial score (nSPS) is 14.0. The summed E-state index contributed by atoms with van der Waals surface area (Å²) in [6.45, 7) is 3.14. The topological polar surface area (TPSA) is 78.4 Å². The molecule has 4 rings (SSSR count). The Morgan fingerprint density at radius 3 is 2.29 bits per heavy atom. The van der Waals surface area contributed by atoms with Crippen molar-refractivity contribution in [2.45, 2.75) is 0 Å². The van der Waals surface area contributed by atoms with Gasteiger partial charge in [0, 0.05) is 57.4 Å². The fraction of sp³-hybridized carbons (Fsp3) is 0.250. The number of para-hydroxylation sites is 1. The minimum atomic E-state index is -0.161. The van der Waals surface area contributed by atoms with E-state index in [1.54, 1.807) is 30.4 Å². The number of carbonyl (C=O) groups excluding carboxylic acids is 1. The van der Waals surface area contributed by atoms with Crippen molar-refractivity contribution in [2.24, 2.45) is 0 Å². The van der Waals surface area contributed by atoms with Gasteiger partial charge in [-0.15, -0.1) is 0 Å². The summed E-state index contributed by atoms with van der Waals surface area (Å²) in [6, 6.07) is 13.1. The first-order valence-corrected chi connectivity index (χ1v) is 9.14. The molecule has 0 radical (unpaired) electrons. The molecule has 1 aromatic carbocycles. The number of piperazine rings is 1. The Morgan fingerprint density at radius 2 is 1.57 bits per heavy atom. The molecule has 142 valence electrons. The molecule has 0 spiro atoms. The predicted molar refractivity (Wildman–Crippen MR) is 108 cm³/mol. The molecular formula is C20H21N7O. The SMILES string of the molecule is CN(C(=O)c1cc(N2CCN(c3ncccn3)CC2)ncn1)c1ccccc1. The molecule has 0 saturated carbocycles. The number of carbonyl (C=O) groups is 1. The lowest BCUT2D eigenvalue weighted by molar-refractivity contribution is 0.0988. The number of nitrogens with zero attached hydrogens (tertiary/aromatic N) is 7. The van der Waals surface area contributed by atoms with Crippen molar-refractivity contribution in [3.8, 4) is 0 Å². The second kappa shape index (κ2) is 7.99. The van der Waals surface area contributed by atoms with Crippen molar-refractivity contribution in [3.63, 3.8) is 0 Å². The lowest BCUT2D eigenvalue weighted by Crippen LogP contribution is -2.47. The lowest BCUT2D eigenvalue weighted by atomic mass is 10.2. The molecule has 1 amide bonds. The number of benzene rings is 1. The zero-order chi connectivity index (χ0) is 19.3. The monoisotopic (exact) mass is 375 g/mol. The van der Waals surface area contributed by atoms with E-state index in [1.165, 1.54) is 6.33 Å². The summed E-state index contributed by atoms with van der Waals surface area (Å²) < 4.78 is 0. The van der Waals surface area contributed by atoms with Crippen LogP contribution in [0.1, 0.15) is 10.5 Å². The molecule has 8 nitrogen and oxygen atoms in total. The number of hydrogen-bond acceptors (Lipinski definition) is 7. The van der Waals surface area contributed by atoms with Crippen LogP contribution >= 0.6 is 0 Å². The molecular weight excluding hydrogens is 354 g/mol. The Bertz CT molecular complexity index is 928. The van der Waals surface area contributed by atoms with Crippen LogP contribution < -0.4 is 14.7 Å². The molecule has 3 aromatic rings. The van der Waals surface area contributed by atoms with Gasteiger partial charge in [-0.1, -0.05) is 18.2 Å². The summed E-state index contributed by atoms with van der Waals surface area (Å²) in [4.78, 5) is 35.9. The largest absolute Gasteiger partial charge is 0.353 e. The first-order chi connectivity index (χ1) is 13.7. The van der Waals surface area contributed by atoms with Crippen LogP contribution in [0, 0.1) is 0 Å². The van der Waals surface area contributed by atoms with Crippen molar-refractivity contribution in [3.05, 3.63) is 66.9 Å². The molecule has 1 fully saturated rings. The van der Waals surface area contributed by atoms with E-state index >= 15 is 0 Å². The van der Waals surface area contributed by atoms with Gasteiger partial charge >= 0.3 is 0 Å². The van der Waals surface area contributed by atoms with E-state index in [-0.39, 0.29) is 5.91 Å². The van der Waals surface area contributed by atoms with E-state index in [1.807, 2.05) is 36.4 Å². The Hall–Kier alpha value is -3.55. The zero-order valence-corrected chi connectivity index (χ0v) is 15.6. The third-order valence-corrected chi connectivity index (χ3v) is 4.76. The highest BCUT2D eigenvalue weighted by atomic mass is 16.2. The maximum Gasteiger partial charge on any atom is 0.276 e. The van der Waals surface area contributed by atoms with Gasteiger partial charge in [-0.25, -0.2) is 19.9 Å². The number of rotatable bonds is 4. The van der Waals surface area contributed by atoms with Crippen LogP contribution in [-0.2, 0) is 0 Å². The number of anilines is 3. The summed E-state index contributed by atoms with van der Waals surface area (Å²) in [7, 11) is 1.75. The van der Waals surface area contributed by atoms with Crippen molar-refractivity contribution >= 4 is 23.4 Å². The maximum atomic E-state index is 12.8. The maximum absolute atomic E-state index is 12.8. The summed E-state index contributed by atoms with van der Waals surface area (Å²) in [5.74, 6) is 1.34. The lowest BCUT2D eigenvalue weighted by Gasteiger charge is -2.35. The Kier molecular flexibility index (Phi) is 5.09. The van der Waals surface area contributed by atoms with Gasteiger partial charge in [0.05, 0.1) is 0 Å². The number of aromatic nitrogens is 4. The Labute approximate surface area is 163 Å². The van der Waals surface area contributed by atoms with E-state index in [4.69, 9.17) is 0 Å². The third kappa shape index (κ3) is 3.75. The molecule has 2 aromatic heterocycles. The van der Waals surface area contributed by atoms with E-state index in [0.29, 0.717) is 5.69 Å². The number of amides is 1. The van der Waals surface area contributed by atoms with Crippen molar-refractivity contribution < 1.29 is 4.79 Å². The van der Waals surface area contributed by atoms with E-state index in [0.717, 1.165) is 43.6 Å². The quantitative estimate of drug-likeness (QED) is 0.689. The standard InChI is InChI=1S/C20H21N7O/c1-25(16-6-3-2-4-7-16)19(28)17-14-18(24-15-23-17)26-10-12-27(13-11-26)20-21-8-5-9-22-20/h2-9,14-15H,10-13H2,1H3. The summed E-state index contributed by atoms with van der Waals surface area (Å²) in [6.07, 6.45) is 4.95. The smallest absolute Gasteiger partial charge is 0.276 e. The van der Waals surface area contributed by atoms with E-state index < -0.39 is 0 Å². The average Bonchev–Trinajstić information content (AvgIpc) is 2.79. The van der Waals surface area contributed by atoms with Gasteiger partial charge in [0.1, 0.15) is 17.8 Å². The highest BCUT2D eigenvalue weighted by Crippen LogP contribution is 2.18. The summed E-state index contributed by atoms with van der Waals surface area (Å²) in [5, 5.41) is 0. The third-order valence-electron chi connectivity index (χ3n) is 4.76. The number of hydrogen-bond donors (Lipinski definition) is 0. The van der Waals surface area contributed by atoms with Crippen LogP contribution in [0.15, 0.2) is 61.2 Å². The zero-order valence-electron chi connectivity index (χ0n) is 15.6. The van der Waals surface area contributed by atoms with Crippen LogP contribution in [0.5, 0.6) is 0 Å². The fourth-order valence-electron chi connectivity index (χ4n) is 3.17. The minimum Gasteiger partial charge on any atom is -0.353 e. The second-order valence-corrected chi connectivity index (χ2v) is 6.48. The molecule has 3 heterocycles. The van der Waals surface area contributed by atoms with Crippen LogP contribution in [0.3, 0.4) is 0 Å². The fourth-order valence-corrected chi connectivity index (χ4v) is 3.17. The summed E-state index contributed by atoms with van der Waals surface area (Å²) in [5.41, 5.74) is 1.20. The molecule has 1 saturated heterocycles. The Balaban J connectivity index is 1.45. The molecule has 0 bridgehead atoms. The highest BCUT2D eigenvalue weighted by molar-refractivity contribution is 6.04. The molecule has 0 aliphatic carbocycles. The van der Waals surface area contributed by atoms with Crippen molar-refractivity contribution in [2.75, 3.05) is 47.9 Å². The van der Waals surface area contributed by atoms with Gasteiger partial charge in [0.2, 0.25) is 5.95 Å². The predicted octanol–water partition coefficient (Wildman–Crippen LogP) is 1.87. The molecule has 8 heteroatoms. The molecule has 28 heavy (non-hydrogen) atoms. The van der Waals surface area contributed by atoms with E-state index in [2.05, 4.69) is 29.7 Å². The van der Waals surface area contributed by atoms with Gasteiger partial charge in [-0.3, -0.25) is 4.79 Å². The van der Waals surface area contributed by atoms with E-state index in [9.17, 15) is 4.79 Å². The van der Waals surface area contributed by atoms with Gasteiger partial charge in [-0.2, -0.15) is 0 Å². The highest BCUT2D eigenvalue weighted by Gasteiger charge is 2.22. The van der Waals surface area contributed by atoms with Crippen LogP contribution in [-0.4, -0.2) is 59.1 Å². The Morgan fingerprint density at radius 1 is 0.893 bits per heavy atom. The van der Waals surface area contributed by atoms with Gasteiger partial charge in [-0.05, 0) is 18.2 Å². The van der Waals surface area contributed by atoms with Crippen molar-refractivity contribution in [1.29, 1.82) is 0 Å². The van der Waals surface area contributed by atoms with Crippen molar-refractivity contribution in [1.82, 2.24) is 19.9 Å². The van der Waals surface area contributed by atoms with Crippen LogP contribution in [0.4, 0.5) is 17.5 Å². The molecule has 0 atom stereocenters.